The number of ether oxygens (including phenoxy) is 1. The van der Waals surface area contributed by atoms with Crippen LogP contribution in [0.4, 0.5) is 0 Å². The fourth-order valence-corrected chi connectivity index (χ4v) is 3.83. The lowest BCUT2D eigenvalue weighted by Crippen LogP contribution is -2.22. The third-order valence-corrected chi connectivity index (χ3v) is 5.48. The number of halogens is 2. The van der Waals surface area contributed by atoms with Crippen LogP contribution in [0, 0.1) is 0 Å². The van der Waals surface area contributed by atoms with Crippen LogP contribution in [0.15, 0.2) is 42.5 Å². The second-order valence-electron chi connectivity index (χ2n) is 4.88. The molecule has 0 saturated heterocycles. The maximum atomic E-state index is 12.4. The van der Waals surface area contributed by atoms with Gasteiger partial charge in [0.2, 0.25) is 0 Å². The predicted molar refractivity (Wildman–Crippen MR) is 96.0 cm³/mol. The smallest absolute Gasteiger partial charge is 0.263 e. The first-order valence-electron chi connectivity index (χ1n) is 6.88. The zero-order valence-corrected chi connectivity index (χ0v) is 14.6. The van der Waals surface area contributed by atoms with Crippen LogP contribution in [0.25, 0.3) is 10.1 Å². The molecule has 0 aliphatic heterocycles. The number of methoxy groups -OCH3 is 1. The Morgan fingerprint density at radius 2 is 2.00 bits per heavy atom. The van der Waals surface area contributed by atoms with E-state index in [0.29, 0.717) is 27.2 Å². The minimum absolute atomic E-state index is 0.213. The minimum Gasteiger partial charge on any atom is -0.497 e. The molecule has 0 bridgehead atoms. The molecular formula is C17H13Cl2NO2S. The van der Waals surface area contributed by atoms with Gasteiger partial charge in [-0.2, -0.15) is 0 Å². The van der Waals surface area contributed by atoms with Crippen molar-refractivity contribution in [3.8, 4) is 5.75 Å². The molecule has 1 amide bonds. The van der Waals surface area contributed by atoms with Crippen LogP contribution >= 0.6 is 34.5 Å². The molecule has 3 rings (SSSR count). The Morgan fingerprint density at radius 1 is 1.22 bits per heavy atom. The largest absolute Gasteiger partial charge is 0.497 e. The number of hydrogen-bond acceptors (Lipinski definition) is 3. The number of hydrogen-bond donors (Lipinski definition) is 1. The van der Waals surface area contributed by atoms with Crippen molar-refractivity contribution >= 4 is 50.5 Å². The number of nitrogens with one attached hydrogen (secondary N) is 1. The van der Waals surface area contributed by atoms with E-state index in [1.54, 1.807) is 13.2 Å². The Balaban J connectivity index is 1.83. The summed E-state index contributed by atoms with van der Waals surface area (Å²) < 4.78 is 6.14. The summed E-state index contributed by atoms with van der Waals surface area (Å²) in [5.74, 6) is 0.496. The molecule has 0 unspecified atom stereocenters. The third-order valence-electron chi connectivity index (χ3n) is 3.44. The predicted octanol–water partition coefficient (Wildman–Crippen LogP) is 5.15. The fourth-order valence-electron chi connectivity index (χ4n) is 2.22. The second kappa shape index (κ2) is 6.79. The van der Waals surface area contributed by atoms with Gasteiger partial charge in [0.1, 0.15) is 10.6 Å². The van der Waals surface area contributed by atoms with Crippen LogP contribution in [-0.4, -0.2) is 13.0 Å². The molecule has 1 aromatic heterocycles. The van der Waals surface area contributed by atoms with Crippen molar-refractivity contribution in [2.75, 3.05) is 7.11 Å². The van der Waals surface area contributed by atoms with Crippen molar-refractivity contribution in [1.29, 1.82) is 0 Å². The molecule has 0 aliphatic rings. The highest BCUT2D eigenvalue weighted by molar-refractivity contribution is 7.21. The highest BCUT2D eigenvalue weighted by Gasteiger charge is 2.17. The van der Waals surface area contributed by atoms with Gasteiger partial charge in [-0.3, -0.25) is 4.79 Å². The van der Waals surface area contributed by atoms with Gasteiger partial charge >= 0.3 is 0 Å². The summed E-state index contributed by atoms with van der Waals surface area (Å²) >= 11 is 13.8. The van der Waals surface area contributed by atoms with E-state index in [2.05, 4.69) is 5.32 Å². The summed E-state index contributed by atoms with van der Waals surface area (Å²) in [6, 6.07) is 13.0. The molecule has 0 saturated carbocycles. The lowest BCUT2D eigenvalue weighted by molar-refractivity contribution is 0.0955. The molecule has 6 heteroatoms. The molecule has 0 radical (unpaired) electrons. The number of rotatable bonds is 4. The van der Waals surface area contributed by atoms with Crippen molar-refractivity contribution in [2.45, 2.75) is 6.54 Å². The molecule has 0 spiro atoms. The Labute approximate surface area is 147 Å². The van der Waals surface area contributed by atoms with Gasteiger partial charge in [0.25, 0.3) is 5.91 Å². The molecule has 1 N–H and O–H groups in total. The van der Waals surface area contributed by atoms with E-state index >= 15 is 0 Å². The Bertz CT molecular complexity index is 876. The standard InChI is InChI=1S/C17H13Cl2NO2S/c1-22-11-6-7-14-12(8-11)15(19)16(23-14)17(21)20-9-10-4-2-3-5-13(10)18/h2-8H,9H2,1H3,(H,20,21). The van der Waals surface area contributed by atoms with Gasteiger partial charge in [0.15, 0.2) is 0 Å². The quantitative estimate of drug-likeness (QED) is 0.694. The summed E-state index contributed by atoms with van der Waals surface area (Å²) in [7, 11) is 1.60. The summed E-state index contributed by atoms with van der Waals surface area (Å²) in [6.45, 7) is 0.354. The van der Waals surface area contributed by atoms with Crippen molar-refractivity contribution < 1.29 is 9.53 Å². The molecule has 3 nitrogen and oxygen atoms in total. The Morgan fingerprint density at radius 3 is 2.74 bits per heavy atom. The number of thiophene rings is 1. The molecule has 1 heterocycles. The van der Waals surface area contributed by atoms with Gasteiger partial charge in [-0.05, 0) is 29.8 Å². The molecule has 3 aromatic rings. The van der Waals surface area contributed by atoms with Crippen LogP contribution in [0.2, 0.25) is 10.0 Å². The van der Waals surface area contributed by atoms with E-state index in [-0.39, 0.29) is 5.91 Å². The second-order valence-corrected chi connectivity index (χ2v) is 6.72. The van der Waals surface area contributed by atoms with Crippen molar-refractivity contribution in [3.05, 3.63) is 63.0 Å². The summed E-state index contributed by atoms with van der Waals surface area (Å²) in [5, 5.41) is 4.75. The summed E-state index contributed by atoms with van der Waals surface area (Å²) in [4.78, 5) is 12.9. The molecule has 0 atom stereocenters. The topological polar surface area (TPSA) is 38.3 Å². The van der Waals surface area contributed by atoms with Crippen molar-refractivity contribution in [2.24, 2.45) is 0 Å². The van der Waals surface area contributed by atoms with Crippen molar-refractivity contribution in [3.63, 3.8) is 0 Å². The third kappa shape index (κ3) is 3.29. The van der Waals surface area contributed by atoms with E-state index in [1.165, 1.54) is 11.3 Å². The highest BCUT2D eigenvalue weighted by atomic mass is 35.5. The number of carbonyl (C=O) groups is 1. The van der Waals surface area contributed by atoms with E-state index in [4.69, 9.17) is 27.9 Å². The lowest BCUT2D eigenvalue weighted by atomic mass is 10.2. The number of fused-ring (bicyclic) bond motifs is 1. The first kappa shape index (κ1) is 16.1. The first-order chi connectivity index (χ1) is 11.1. The summed E-state index contributed by atoms with van der Waals surface area (Å²) in [5.41, 5.74) is 0.862. The van der Waals surface area contributed by atoms with Crippen LogP contribution < -0.4 is 10.1 Å². The summed E-state index contributed by atoms with van der Waals surface area (Å²) in [6.07, 6.45) is 0. The van der Waals surface area contributed by atoms with Gasteiger partial charge in [-0.1, -0.05) is 41.4 Å². The van der Waals surface area contributed by atoms with Gasteiger partial charge in [-0.15, -0.1) is 11.3 Å². The monoisotopic (exact) mass is 365 g/mol. The number of amides is 1. The first-order valence-corrected chi connectivity index (χ1v) is 8.45. The normalized spacial score (nSPS) is 10.7. The van der Waals surface area contributed by atoms with Crippen LogP contribution in [0.3, 0.4) is 0 Å². The molecule has 0 aliphatic carbocycles. The van der Waals surface area contributed by atoms with E-state index < -0.39 is 0 Å². The van der Waals surface area contributed by atoms with Crippen LogP contribution in [0.5, 0.6) is 5.75 Å². The van der Waals surface area contributed by atoms with E-state index in [0.717, 1.165) is 15.6 Å². The molecule has 118 valence electrons. The highest BCUT2D eigenvalue weighted by Crippen LogP contribution is 2.37. The Kier molecular flexibility index (Phi) is 4.76. The van der Waals surface area contributed by atoms with E-state index in [1.807, 2.05) is 36.4 Å². The van der Waals surface area contributed by atoms with Gasteiger partial charge < -0.3 is 10.1 Å². The number of benzene rings is 2. The van der Waals surface area contributed by atoms with Gasteiger partial charge in [-0.25, -0.2) is 0 Å². The van der Waals surface area contributed by atoms with Crippen LogP contribution in [0.1, 0.15) is 15.2 Å². The fraction of sp³-hybridized carbons (Fsp3) is 0.118. The number of carbonyl (C=O) groups excluding carboxylic acids is 1. The Hall–Kier alpha value is -1.75. The zero-order valence-electron chi connectivity index (χ0n) is 12.2. The minimum atomic E-state index is -0.213. The van der Waals surface area contributed by atoms with Crippen molar-refractivity contribution in [1.82, 2.24) is 5.32 Å². The maximum Gasteiger partial charge on any atom is 0.263 e. The lowest BCUT2D eigenvalue weighted by Gasteiger charge is -2.06. The SMILES string of the molecule is COc1ccc2sc(C(=O)NCc3ccccc3Cl)c(Cl)c2c1. The zero-order chi connectivity index (χ0) is 16.4. The van der Waals surface area contributed by atoms with Crippen LogP contribution in [-0.2, 0) is 6.54 Å². The average molecular weight is 366 g/mol. The average Bonchev–Trinajstić information content (AvgIpc) is 2.90. The molecule has 0 fully saturated rings. The van der Waals surface area contributed by atoms with Gasteiger partial charge in [0, 0.05) is 21.7 Å². The van der Waals surface area contributed by atoms with E-state index in [9.17, 15) is 4.79 Å². The van der Waals surface area contributed by atoms with Gasteiger partial charge in [0.05, 0.1) is 12.1 Å². The molecule has 23 heavy (non-hydrogen) atoms. The molecule has 2 aromatic carbocycles. The maximum absolute atomic E-state index is 12.4. The molecular weight excluding hydrogens is 353 g/mol.